The lowest BCUT2D eigenvalue weighted by Crippen LogP contribution is -2.25. The van der Waals surface area contributed by atoms with Gasteiger partial charge in [-0.25, -0.2) is 8.42 Å². The number of hydrogen-bond acceptors (Lipinski definition) is 4. The van der Waals surface area contributed by atoms with Crippen LogP contribution in [0.2, 0.25) is 0 Å². The number of benzene rings is 1. The summed E-state index contributed by atoms with van der Waals surface area (Å²) in [4.78, 5) is 16.0. The number of rotatable bonds is 3. The average molecular weight is 259 g/mol. The van der Waals surface area contributed by atoms with Crippen molar-refractivity contribution >= 4 is 16.0 Å². The highest BCUT2D eigenvalue weighted by atomic mass is 32.2. The summed E-state index contributed by atoms with van der Waals surface area (Å²) in [7, 11) is -3.42. The van der Waals surface area contributed by atoms with Gasteiger partial charge < -0.3 is 4.84 Å². The molecule has 0 fully saturated rings. The molecule has 0 saturated carbocycles. The Kier molecular flexibility index (Phi) is 7.16. The zero-order valence-corrected chi connectivity index (χ0v) is 11.0. The fourth-order valence-electron chi connectivity index (χ4n) is 0.729. The summed E-state index contributed by atoms with van der Waals surface area (Å²) in [6, 6.07) is 10.3. The molecule has 0 spiro atoms. The van der Waals surface area contributed by atoms with Crippen molar-refractivity contribution in [2.24, 2.45) is 0 Å². The highest BCUT2D eigenvalue weighted by Crippen LogP contribution is 1.92. The second kappa shape index (κ2) is 7.81. The lowest BCUT2D eigenvalue weighted by molar-refractivity contribution is -0.146. The molecular formula is C11H17NO4S. The Bertz CT molecular complexity index is 428. The van der Waals surface area contributed by atoms with Crippen molar-refractivity contribution in [3.8, 4) is 0 Å². The van der Waals surface area contributed by atoms with E-state index < -0.39 is 16.0 Å². The molecular weight excluding hydrogens is 242 g/mol. The van der Waals surface area contributed by atoms with Gasteiger partial charge in [0.05, 0.1) is 6.26 Å². The molecule has 0 atom stereocenters. The summed E-state index contributed by atoms with van der Waals surface area (Å²) in [5.41, 5.74) is 1.32. The molecule has 0 aliphatic heterocycles. The third-order valence-corrected chi connectivity index (χ3v) is 1.92. The molecule has 1 aromatic carbocycles. The summed E-state index contributed by atoms with van der Waals surface area (Å²) >= 11 is 0. The molecule has 5 nitrogen and oxygen atoms in total. The van der Waals surface area contributed by atoms with Crippen LogP contribution in [0.5, 0.6) is 0 Å². The van der Waals surface area contributed by atoms with Gasteiger partial charge in [0.15, 0.2) is 0 Å². The van der Waals surface area contributed by atoms with Crippen molar-refractivity contribution in [1.82, 2.24) is 4.89 Å². The average Bonchev–Trinajstić information content (AvgIpc) is 2.27. The van der Waals surface area contributed by atoms with Gasteiger partial charge in [-0.3, -0.25) is 4.79 Å². The number of aryl methyl sites for hydroxylation is 1. The Labute approximate surface area is 102 Å². The van der Waals surface area contributed by atoms with Crippen LogP contribution in [-0.2, 0) is 19.7 Å². The van der Waals surface area contributed by atoms with Crippen molar-refractivity contribution in [2.75, 3.05) is 6.26 Å². The second-order valence-corrected chi connectivity index (χ2v) is 5.05. The van der Waals surface area contributed by atoms with Gasteiger partial charge in [-0.1, -0.05) is 42.8 Å². The maximum atomic E-state index is 10.3. The van der Waals surface area contributed by atoms with Crippen LogP contribution in [0.1, 0.15) is 18.9 Å². The number of sulfonamides is 1. The summed E-state index contributed by atoms with van der Waals surface area (Å²) in [5, 5.41) is 0. The monoisotopic (exact) mass is 259 g/mol. The number of carbonyl (C=O) groups is 1. The van der Waals surface area contributed by atoms with Crippen LogP contribution >= 0.6 is 0 Å². The fourth-order valence-corrected chi connectivity index (χ4v) is 0.973. The molecule has 17 heavy (non-hydrogen) atoms. The van der Waals surface area contributed by atoms with Crippen molar-refractivity contribution < 1.29 is 18.0 Å². The van der Waals surface area contributed by atoms with Crippen molar-refractivity contribution in [3.05, 3.63) is 35.9 Å². The molecule has 0 radical (unpaired) electrons. The number of nitrogens with one attached hydrogen (secondary N) is 1. The third-order valence-electron chi connectivity index (χ3n) is 1.54. The summed E-state index contributed by atoms with van der Waals surface area (Å²) in [5.74, 6) is -0.606. The summed E-state index contributed by atoms with van der Waals surface area (Å²) in [6.45, 7) is 3.65. The first kappa shape index (κ1) is 15.6. The maximum absolute atomic E-state index is 10.3. The molecule has 1 N–H and O–H groups in total. The Morgan fingerprint density at radius 1 is 1.29 bits per heavy atom. The molecule has 1 rings (SSSR count). The minimum atomic E-state index is -3.42. The van der Waals surface area contributed by atoms with Crippen LogP contribution in [0, 0.1) is 6.92 Å². The zero-order chi connectivity index (χ0) is 13.3. The van der Waals surface area contributed by atoms with Crippen LogP contribution in [0.3, 0.4) is 0 Å². The first-order valence-corrected chi connectivity index (χ1v) is 6.92. The van der Waals surface area contributed by atoms with Gasteiger partial charge in [0.25, 0.3) is 0 Å². The molecule has 0 aliphatic rings. The van der Waals surface area contributed by atoms with Crippen LogP contribution < -0.4 is 4.89 Å². The predicted molar refractivity (Wildman–Crippen MR) is 65.5 cm³/mol. The lowest BCUT2D eigenvalue weighted by Gasteiger charge is -1.99. The van der Waals surface area contributed by atoms with Gasteiger partial charge in [-0.2, -0.15) is 0 Å². The van der Waals surface area contributed by atoms with E-state index in [1.54, 1.807) is 11.8 Å². The standard InChI is InChI=1S/C7H8.C4H9NO4S/c1-7-5-3-2-4-6-7;1-3-4(6)9-5-10(2,7)8/h2-6H,1H3;5H,3H2,1-2H3. The number of carbonyl (C=O) groups excluding carboxylic acids is 1. The Balaban J connectivity index is 0.000000318. The van der Waals surface area contributed by atoms with Gasteiger partial charge in [-0.15, -0.1) is 0 Å². The maximum Gasteiger partial charge on any atom is 0.325 e. The largest absolute Gasteiger partial charge is 0.356 e. The van der Waals surface area contributed by atoms with Gasteiger partial charge in [0, 0.05) is 6.42 Å². The Morgan fingerprint density at radius 2 is 1.82 bits per heavy atom. The van der Waals surface area contributed by atoms with Crippen LogP contribution in [-0.4, -0.2) is 20.6 Å². The molecule has 0 saturated heterocycles. The second-order valence-electron chi connectivity index (χ2n) is 3.34. The van der Waals surface area contributed by atoms with Gasteiger partial charge >= 0.3 is 5.97 Å². The Morgan fingerprint density at radius 3 is 2.12 bits per heavy atom. The van der Waals surface area contributed by atoms with E-state index in [4.69, 9.17) is 0 Å². The molecule has 0 aliphatic carbocycles. The van der Waals surface area contributed by atoms with E-state index in [2.05, 4.69) is 23.9 Å². The van der Waals surface area contributed by atoms with Gasteiger partial charge in [0.1, 0.15) is 0 Å². The molecule has 0 bridgehead atoms. The lowest BCUT2D eigenvalue weighted by atomic mass is 10.2. The molecule has 0 unspecified atom stereocenters. The van der Waals surface area contributed by atoms with E-state index in [1.807, 2.05) is 18.2 Å². The van der Waals surface area contributed by atoms with E-state index in [-0.39, 0.29) is 6.42 Å². The first-order chi connectivity index (χ1) is 7.85. The molecule has 6 heteroatoms. The number of hydrogen-bond donors (Lipinski definition) is 1. The quantitative estimate of drug-likeness (QED) is 0.833. The minimum absolute atomic E-state index is 0.141. The van der Waals surface area contributed by atoms with Crippen molar-refractivity contribution in [2.45, 2.75) is 20.3 Å². The molecule has 1 aromatic rings. The van der Waals surface area contributed by atoms with Crippen molar-refractivity contribution in [3.63, 3.8) is 0 Å². The normalized spacial score (nSPS) is 10.1. The zero-order valence-electron chi connectivity index (χ0n) is 10.1. The van der Waals surface area contributed by atoms with Crippen LogP contribution in [0.15, 0.2) is 30.3 Å². The van der Waals surface area contributed by atoms with Crippen LogP contribution in [0.25, 0.3) is 0 Å². The molecule has 96 valence electrons. The van der Waals surface area contributed by atoms with E-state index in [0.717, 1.165) is 6.26 Å². The first-order valence-electron chi connectivity index (χ1n) is 5.03. The van der Waals surface area contributed by atoms with Gasteiger partial charge in [0.2, 0.25) is 10.0 Å². The van der Waals surface area contributed by atoms with E-state index >= 15 is 0 Å². The van der Waals surface area contributed by atoms with E-state index in [1.165, 1.54) is 5.56 Å². The molecule has 0 amide bonds. The molecule has 0 aromatic heterocycles. The van der Waals surface area contributed by atoms with Crippen LogP contribution in [0.4, 0.5) is 0 Å². The van der Waals surface area contributed by atoms with E-state index in [9.17, 15) is 13.2 Å². The smallest absolute Gasteiger partial charge is 0.325 e. The molecule has 0 heterocycles. The highest BCUT2D eigenvalue weighted by Gasteiger charge is 2.03. The topological polar surface area (TPSA) is 72.5 Å². The highest BCUT2D eigenvalue weighted by molar-refractivity contribution is 7.88. The van der Waals surface area contributed by atoms with E-state index in [0.29, 0.717) is 0 Å². The predicted octanol–water partition coefficient (Wildman–Crippen LogP) is 1.40. The minimum Gasteiger partial charge on any atom is -0.356 e. The van der Waals surface area contributed by atoms with Crippen molar-refractivity contribution in [1.29, 1.82) is 0 Å². The SMILES string of the molecule is CCC(=O)ONS(C)(=O)=O.Cc1ccccc1. The summed E-state index contributed by atoms with van der Waals surface area (Å²) in [6.07, 6.45) is 1.04. The fraction of sp³-hybridized carbons (Fsp3) is 0.364. The Hall–Kier alpha value is -1.40. The summed E-state index contributed by atoms with van der Waals surface area (Å²) < 4.78 is 20.5. The third kappa shape index (κ3) is 10.9. The van der Waals surface area contributed by atoms with Gasteiger partial charge in [-0.05, 0) is 11.8 Å².